The minimum Gasteiger partial charge on any atom is -0.314 e. The molecule has 0 spiro atoms. The summed E-state index contributed by atoms with van der Waals surface area (Å²) in [4.78, 5) is 14.4. The molecule has 0 bridgehead atoms. The molecule has 0 aliphatic heterocycles. The van der Waals surface area contributed by atoms with Gasteiger partial charge in [0, 0.05) is 12.7 Å². The van der Waals surface area contributed by atoms with Crippen LogP contribution in [0.1, 0.15) is 37.8 Å². The van der Waals surface area contributed by atoms with Gasteiger partial charge in [0.25, 0.3) is 5.91 Å². The average molecular weight is 296 g/mol. The van der Waals surface area contributed by atoms with Gasteiger partial charge in [0.1, 0.15) is 5.54 Å². The topological polar surface area (TPSA) is 46.3 Å². The van der Waals surface area contributed by atoms with Gasteiger partial charge in [-0.05, 0) is 36.1 Å². The van der Waals surface area contributed by atoms with Crippen LogP contribution in [0.5, 0.6) is 0 Å². The lowest BCUT2D eigenvalue weighted by Crippen LogP contribution is -2.49. The zero-order valence-corrected chi connectivity index (χ0v) is 13.7. The van der Waals surface area contributed by atoms with Crippen LogP contribution in [-0.2, 0) is 10.3 Å². The van der Waals surface area contributed by atoms with Crippen LogP contribution < -0.4 is 10.6 Å². The minimum atomic E-state index is -1.05. The van der Waals surface area contributed by atoms with Gasteiger partial charge < -0.3 is 10.6 Å². The number of anilines is 1. The highest BCUT2D eigenvalue weighted by molar-refractivity contribution is 6.00. The van der Waals surface area contributed by atoms with E-state index >= 15 is 0 Å². The van der Waals surface area contributed by atoms with Gasteiger partial charge in [0.2, 0.25) is 0 Å². The minimum absolute atomic E-state index is 0.129. The predicted octanol–water partition coefficient (Wildman–Crippen LogP) is 3.65. The number of likely N-dealkylation sites (N-methyl/N-ethyl adjacent to an activating group) is 1. The van der Waals surface area contributed by atoms with Crippen molar-refractivity contribution in [2.45, 2.75) is 32.2 Å². The Balaban J connectivity index is 2.25. The van der Waals surface area contributed by atoms with Crippen LogP contribution in [-0.4, -0.2) is 13.0 Å². The van der Waals surface area contributed by atoms with E-state index in [1.165, 1.54) is 5.56 Å². The Kier molecular flexibility index (Phi) is 4.67. The Labute approximate surface area is 132 Å². The quantitative estimate of drug-likeness (QED) is 0.936. The van der Waals surface area contributed by atoms with E-state index in [1.807, 2.05) is 42.5 Å². The number of carbonyl (C=O) groups excluding carboxylic acids is 1. The zero-order chi connectivity index (χ0) is 16.3. The Hall–Kier alpha value is -2.13. The molecule has 3 heteroatoms. The molecule has 0 fully saturated rings. The maximum atomic E-state index is 12.8. The van der Waals surface area contributed by atoms with Crippen LogP contribution in [0.3, 0.4) is 0 Å². The molecular formula is C19H24N2O. The molecule has 116 valence electrons. The van der Waals surface area contributed by atoms with Gasteiger partial charge in [-0.2, -0.15) is 0 Å². The number of nitrogens with two attached hydrogens (primary N) is 1. The fraction of sp³-hybridized carbons (Fsp3) is 0.316. The molecule has 1 atom stereocenters. The molecule has 1 amide bonds. The molecule has 0 aromatic heterocycles. The Morgan fingerprint density at radius 3 is 2.09 bits per heavy atom. The van der Waals surface area contributed by atoms with Gasteiger partial charge >= 0.3 is 0 Å². The van der Waals surface area contributed by atoms with E-state index in [0.717, 1.165) is 11.3 Å². The maximum absolute atomic E-state index is 12.8. The molecule has 0 aliphatic rings. The molecule has 2 rings (SSSR count). The first-order valence-corrected chi connectivity index (χ1v) is 7.56. The van der Waals surface area contributed by atoms with Crippen molar-refractivity contribution in [2.24, 2.45) is 5.73 Å². The van der Waals surface area contributed by atoms with Crippen LogP contribution in [0.25, 0.3) is 0 Å². The molecule has 1 unspecified atom stereocenters. The molecule has 0 saturated heterocycles. The molecule has 2 N–H and O–H groups in total. The van der Waals surface area contributed by atoms with Gasteiger partial charge in [0.05, 0.1) is 0 Å². The number of rotatable bonds is 4. The van der Waals surface area contributed by atoms with E-state index in [4.69, 9.17) is 5.73 Å². The summed E-state index contributed by atoms with van der Waals surface area (Å²) in [5, 5.41) is 0. The summed E-state index contributed by atoms with van der Waals surface area (Å²) >= 11 is 0. The van der Waals surface area contributed by atoms with Crippen molar-refractivity contribution >= 4 is 11.6 Å². The predicted molar refractivity (Wildman–Crippen MR) is 91.9 cm³/mol. The maximum Gasteiger partial charge on any atom is 0.251 e. The third-order valence-electron chi connectivity index (χ3n) is 4.07. The Morgan fingerprint density at radius 1 is 1.05 bits per heavy atom. The highest BCUT2D eigenvalue weighted by Gasteiger charge is 2.33. The number of amides is 1. The van der Waals surface area contributed by atoms with Gasteiger partial charge in [-0.1, -0.05) is 56.3 Å². The molecule has 0 radical (unpaired) electrons. The summed E-state index contributed by atoms with van der Waals surface area (Å²) in [5.74, 6) is 0.343. The third-order valence-corrected chi connectivity index (χ3v) is 4.07. The number of carbonyl (C=O) groups is 1. The van der Waals surface area contributed by atoms with Crippen molar-refractivity contribution in [1.29, 1.82) is 0 Å². The van der Waals surface area contributed by atoms with Crippen LogP contribution in [0, 0.1) is 0 Å². The summed E-state index contributed by atoms with van der Waals surface area (Å²) in [7, 11) is 1.76. The lowest BCUT2D eigenvalue weighted by molar-refractivity contribution is -0.123. The number of benzene rings is 2. The van der Waals surface area contributed by atoms with Crippen molar-refractivity contribution in [1.82, 2.24) is 0 Å². The second-order valence-electron chi connectivity index (χ2n) is 6.18. The van der Waals surface area contributed by atoms with Gasteiger partial charge in [-0.25, -0.2) is 0 Å². The van der Waals surface area contributed by atoms with E-state index in [1.54, 1.807) is 18.9 Å². The van der Waals surface area contributed by atoms with E-state index in [2.05, 4.69) is 26.0 Å². The second kappa shape index (κ2) is 6.32. The summed E-state index contributed by atoms with van der Waals surface area (Å²) in [6, 6.07) is 17.5. The van der Waals surface area contributed by atoms with Crippen LogP contribution >= 0.6 is 0 Å². The molecule has 2 aromatic carbocycles. The summed E-state index contributed by atoms with van der Waals surface area (Å²) in [5.41, 5.74) is 8.17. The van der Waals surface area contributed by atoms with Crippen molar-refractivity contribution in [2.75, 3.05) is 11.9 Å². The van der Waals surface area contributed by atoms with E-state index in [0.29, 0.717) is 5.92 Å². The van der Waals surface area contributed by atoms with Crippen molar-refractivity contribution in [3.8, 4) is 0 Å². The fourth-order valence-corrected chi connectivity index (χ4v) is 2.46. The first-order valence-electron chi connectivity index (χ1n) is 7.56. The van der Waals surface area contributed by atoms with Crippen LogP contribution in [0.4, 0.5) is 5.69 Å². The number of hydrogen-bond donors (Lipinski definition) is 1. The van der Waals surface area contributed by atoms with Crippen LogP contribution in [0.2, 0.25) is 0 Å². The molecule has 2 aromatic rings. The lowest BCUT2D eigenvalue weighted by atomic mass is 9.91. The largest absolute Gasteiger partial charge is 0.314 e. The van der Waals surface area contributed by atoms with Gasteiger partial charge in [-0.15, -0.1) is 0 Å². The molecule has 0 aliphatic carbocycles. The lowest BCUT2D eigenvalue weighted by Gasteiger charge is -2.30. The highest BCUT2D eigenvalue weighted by Crippen LogP contribution is 2.25. The van der Waals surface area contributed by atoms with Crippen LogP contribution in [0.15, 0.2) is 54.6 Å². The molecule has 0 heterocycles. The first-order chi connectivity index (χ1) is 10.3. The second-order valence-corrected chi connectivity index (χ2v) is 6.18. The van der Waals surface area contributed by atoms with Crippen molar-refractivity contribution < 1.29 is 4.79 Å². The normalized spacial score (nSPS) is 13.7. The summed E-state index contributed by atoms with van der Waals surface area (Å²) in [6.45, 7) is 6.05. The van der Waals surface area contributed by atoms with E-state index in [9.17, 15) is 4.79 Å². The molecule has 3 nitrogen and oxygen atoms in total. The molecule has 0 saturated carbocycles. The molecule has 22 heavy (non-hydrogen) atoms. The zero-order valence-electron chi connectivity index (χ0n) is 13.7. The first kappa shape index (κ1) is 16.2. The van der Waals surface area contributed by atoms with E-state index < -0.39 is 5.54 Å². The van der Waals surface area contributed by atoms with Gasteiger partial charge in [0.15, 0.2) is 0 Å². The Bertz CT molecular complexity index is 630. The average Bonchev–Trinajstić information content (AvgIpc) is 2.54. The Morgan fingerprint density at radius 2 is 1.59 bits per heavy atom. The number of nitrogens with zero attached hydrogens (tertiary/aromatic N) is 1. The fourth-order valence-electron chi connectivity index (χ4n) is 2.46. The monoisotopic (exact) mass is 296 g/mol. The van der Waals surface area contributed by atoms with Crippen molar-refractivity contribution in [3.05, 3.63) is 65.7 Å². The smallest absolute Gasteiger partial charge is 0.251 e. The molecular weight excluding hydrogens is 272 g/mol. The summed E-state index contributed by atoms with van der Waals surface area (Å²) < 4.78 is 0. The summed E-state index contributed by atoms with van der Waals surface area (Å²) in [6.07, 6.45) is 0. The third kappa shape index (κ3) is 3.20. The van der Waals surface area contributed by atoms with Crippen molar-refractivity contribution in [3.63, 3.8) is 0 Å². The standard InChI is InChI=1S/C19H24N2O/c1-14(2)15-10-12-17(13-11-15)21(4)18(22)19(3,20)16-8-6-5-7-9-16/h5-14H,20H2,1-4H3. The number of hydrogen-bond acceptors (Lipinski definition) is 2. The SMILES string of the molecule is CC(C)c1ccc(N(C)C(=O)C(C)(N)c2ccccc2)cc1. The van der Waals surface area contributed by atoms with Gasteiger partial charge in [-0.3, -0.25) is 4.79 Å². The highest BCUT2D eigenvalue weighted by atomic mass is 16.2. The van der Waals surface area contributed by atoms with E-state index in [-0.39, 0.29) is 5.91 Å².